The Bertz CT molecular complexity index is 856. The van der Waals surface area contributed by atoms with Gasteiger partial charge in [-0.25, -0.2) is 4.98 Å². The van der Waals surface area contributed by atoms with Crippen LogP contribution in [0.4, 0.5) is 0 Å². The highest BCUT2D eigenvalue weighted by Gasteiger charge is 2.13. The van der Waals surface area contributed by atoms with Gasteiger partial charge in [0.1, 0.15) is 5.82 Å². The van der Waals surface area contributed by atoms with Crippen LogP contribution in [-0.4, -0.2) is 9.55 Å². The summed E-state index contributed by atoms with van der Waals surface area (Å²) in [6.07, 6.45) is 0. The fraction of sp³-hybridized carbons (Fsp3) is 0.125. The van der Waals surface area contributed by atoms with Crippen LogP contribution in [-0.2, 0) is 7.05 Å². The van der Waals surface area contributed by atoms with Crippen LogP contribution in [0.2, 0.25) is 0 Å². The van der Waals surface area contributed by atoms with E-state index in [9.17, 15) is 0 Å². The van der Waals surface area contributed by atoms with Gasteiger partial charge in [-0.3, -0.25) is 0 Å². The minimum atomic E-state index is 0.630. The van der Waals surface area contributed by atoms with Crippen molar-refractivity contribution >= 4 is 27.0 Å². The quantitative estimate of drug-likeness (QED) is 0.673. The van der Waals surface area contributed by atoms with E-state index < -0.39 is 0 Å². The van der Waals surface area contributed by atoms with E-state index in [-0.39, 0.29) is 0 Å². The second kappa shape index (κ2) is 4.77. The Morgan fingerprint density at radius 2 is 2.05 bits per heavy atom. The number of nitrogens with zero attached hydrogens (tertiary/aromatic N) is 3. The maximum Gasteiger partial charge on any atom is 0.142 e. The Morgan fingerprint density at radius 1 is 1.25 bits per heavy atom. The fourth-order valence-electron chi connectivity index (χ4n) is 2.33. The minimum Gasteiger partial charge on any atom is -0.327 e. The van der Waals surface area contributed by atoms with Crippen molar-refractivity contribution in [3.63, 3.8) is 0 Å². The Morgan fingerprint density at radius 3 is 2.80 bits per heavy atom. The van der Waals surface area contributed by atoms with Crippen LogP contribution in [0, 0.1) is 18.3 Å². The summed E-state index contributed by atoms with van der Waals surface area (Å²) in [6, 6.07) is 13.9. The van der Waals surface area contributed by atoms with Crippen molar-refractivity contribution in [1.29, 1.82) is 5.26 Å². The molecule has 1 heterocycles. The first-order valence-electron chi connectivity index (χ1n) is 6.24. The normalized spacial score (nSPS) is 10.7. The summed E-state index contributed by atoms with van der Waals surface area (Å²) in [6.45, 7) is 2.06. The summed E-state index contributed by atoms with van der Waals surface area (Å²) in [4.78, 5) is 4.67. The van der Waals surface area contributed by atoms with E-state index in [0.717, 1.165) is 26.9 Å². The first kappa shape index (κ1) is 12.9. The predicted molar refractivity (Wildman–Crippen MR) is 83.3 cm³/mol. The van der Waals surface area contributed by atoms with Gasteiger partial charge in [-0.05, 0) is 46.6 Å². The Labute approximate surface area is 125 Å². The molecule has 0 fully saturated rings. The molecule has 0 spiro atoms. The third-order valence-corrected chi connectivity index (χ3v) is 4.50. The molecule has 98 valence electrons. The average molecular weight is 326 g/mol. The molecule has 0 N–H and O–H groups in total. The number of fused-ring (bicyclic) bond motifs is 1. The third-order valence-electron chi connectivity index (χ3n) is 3.44. The molecule has 20 heavy (non-hydrogen) atoms. The highest BCUT2D eigenvalue weighted by Crippen LogP contribution is 2.32. The average Bonchev–Trinajstić information content (AvgIpc) is 2.78. The summed E-state index contributed by atoms with van der Waals surface area (Å²) in [5, 5.41) is 8.98. The number of benzene rings is 2. The summed E-state index contributed by atoms with van der Waals surface area (Å²) in [5.74, 6) is 0.894. The van der Waals surface area contributed by atoms with Crippen molar-refractivity contribution in [3.05, 3.63) is 52.0 Å². The van der Waals surface area contributed by atoms with E-state index >= 15 is 0 Å². The molecule has 2 aromatic carbocycles. The van der Waals surface area contributed by atoms with Gasteiger partial charge in [0.15, 0.2) is 0 Å². The number of hydrogen-bond acceptors (Lipinski definition) is 2. The van der Waals surface area contributed by atoms with E-state index in [1.54, 1.807) is 0 Å². The molecule has 3 nitrogen and oxygen atoms in total. The highest BCUT2D eigenvalue weighted by atomic mass is 79.9. The van der Waals surface area contributed by atoms with Gasteiger partial charge < -0.3 is 4.57 Å². The SMILES string of the molecule is Cc1cccc(-c2nc3cc(C#N)ccc3n2C)c1Br. The molecule has 0 saturated heterocycles. The second-order valence-electron chi connectivity index (χ2n) is 4.75. The largest absolute Gasteiger partial charge is 0.327 e. The first-order chi connectivity index (χ1) is 9.61. The molecular weight excluding hydrogens is 314 g/mol. The number of nitriles is 1. The lowest BCUT2D eigenvalue weighted by Crippen LogP contribution is -1.94. The van der Waals surface area contributed by atoms with E-state index in [0.29, 0.717) is 5.56 Å². The van der Waals surface area contributed by atoms with Crippen molar-refractivity contribution in [2.24, 2.45) is 7.05 Å². The lowest BCUT2D eigenvalue weighted by atomic mass is 10.1. The van der Waals surface area contributed by atoms with Crippen molar-refractivity contribution < 1.29 is 0 Å². The van der Waals surface area contributed by atoms with Crippen LogP contribution in [0.25, 0.3) is 22.4 Å². The number of hydrogen-bond donors (Lipinski definition) is 0. The molecule has 3 rings (SSSR count). The van der Waals surface area contributed by atoms with Crippen LogP contribution >= 0.6 is 15.9 Å². The Kier molecular flexibility index (Phi) is 3.07. The zero-order chi connectivity index (χ0) is 14.3. The molecule has 4 heteroatoms. The summed E-state index contributed by atoms with van der Waals surface area (Å²) in [7, 11) is 1.99. The van der Waals surface area contributed by atoms with E-state index in [1.165, 1.54) is 5.56 Å². The van der Waals surface area contributed by atoms with Crippen LogP contribution in [0.1, 0.15) is 11.1 Å². The summed E-state index contributed by atoms with van der Waals surface area (Å²) < 4.78 is 3.11. The number of rotatable bonds is 1. The van der Waals surface area contributed by atoms with Gasteiger partial charge in [0.25, 0.3) is 0 Å². The Hall–Kier alpha value is -2.12. The van der Waals surface area contributed by atoms with Crippen molar-refractivity contribution in [3.8, 4) is 17.5 Å². The molecule has 0 aliphatic heterocycles. The molecule has 0 radical (unpaired) electrons. The lowest BCUT2D eigenvalue weighted by Gasteiger charge is -2.07. The van der Waals surface area contributed by atoms with Gasteiger partial charge in [0.2, 0.25) is 0 Å². The van der Waals surface area contributed by atoms with Crippen LogP contribution in [0.5, 0.6) is 0 Å². The molecule has 0 atom stereocenters. The van der Waals surface area contributed by atoms with Crippen LogP contribution < -0.4 is 0 Å². The van der Waals surface area contributed by atoms with Gasteiger partial charge in [0.05, 0.1) is 22.7 Å². The highest BCUT2D eigenvalue weighted by molar-refractivity contribution is 9.10. The fourth-order valence-corrected chi connectivity index (χ4v) is 2.77. The van der Waals surface area contributed by atoms with E-state index in [2.05, 4.69) is 44.5 Å². The minimum absolute atomic E-state index is 0.630. The molecule has 3 aromatic rings. The standard InChI is InChI=1S/C16H12BrN3/c1-10-4-3-5-12(15(10)17)16-19-13-8-11(9-18)6-7-14(13)20(16)2/h3-8H,1-2H3. The maximum atomic E-state index is 8.98. The van der Waals surface area contributed by atoms with Gasteiger partial charge in [-0.1, -0.05) is 18.2 Å². The molecule has 0 amide bonds. The zero-order valence-corrected chi connectivity index (χ0v) is 12.8. The topological polar surface area (TPSA) is 41.6 Å². The third kappa shape index (κ3) is 1.91. The zero-order valence-electron chi connectivity index (χ0n) is 11.2. The van der Waals surface area contributed by atoms with Crippen LogP contribution in [0.15, 0.2) is 40.9 Å². The summed E-state index contributed by atoms with van der Waals surface area (Å²) >= 11 is 3.63. The lowest BCUT2D eigenvalue weighted by molar-refractivity contribution is 0.958. The van der Waals surface area contributed by atoms with Crippen molar-refractivity contribution in [2.75, 3.05) is 0 Å². The predicted octanol–water partition coefficient (Wildman–Crippen LogP) is 4.18. The molecule has 1 aromatic heterocycles. The molecule has 0 aliphatic rings. The van der Waals surface area contributed by atoms with Crippen molar-refractivity contribution in [1.82, 2.24) is 9.55 Å². The molecule has 0 aliphatic carbocycles. The van der Waals surface area contributed by atoms with Gasteiger partial charge in [-0.2, -0.15) is 5.26 Å². The van der Waals surface area contributed by atoms with E-state index in [4.69, 9.17) is 5.26 Å². The number of halogens is 1. The van der Waals surface area contributed by atoms with Gasteiger partial charge >= 0.3 is 0 Å². The van der Waals surface area contributed by atoms with Crippen LogP contribution in [0.3, 0.4) is 0 Å². The Balaban J connectivity index is 2.30. The monoisotopic (exact) mass is 325 g/mol. The smallest absolute Gasteiger partial charge is 0.142 e. The number of aryl methyl sites for hydroxylation is 2. The molecule has 0 saturated carbocycles. The first-order valence-corrected chi connectivity index (χ1v) is 7.03. The van der Waals surface area contributed by atoms with Gasteiger partial charge in [0, 0.05) is 17.1 Å². The van der Waals surface area contributed by atoms with E-state index in [1.807, 2.05) is 37.4 Å². The maximum absolute atomic E-state index is 8.98. The second-order valence-corrected chi connectivity index (χ2v) is 5.54. The molecule has 0 unspecified atom stereocenters. The van der Waals surface area contributed by atoms with Crippen molar-refractivity contribution in [2.45, 2.75) is 6.92 Å². The molecular formula is C16H12BrN3. The van der Waals surface area contributed by atoms with Gasteiger partial charge in [-0.15, -0.1) is 0 Å². The molecule has 0 bridgehead atoms. The summed E-state index contributed by atoms with van der Waals surface area (Å²) in [5.41, 5.74) is 4.72. The number of imidazole rings is 1. The number of aromatic nitrogens is 2.